The highest BCUT2D eigenvalue weighted by molar-refractivity contribution is 5.94. The summed E-state index contributed by atoms with van der Waals surface area (Å²) in [5.41, 5.74) is -1.10. The van der Waals surface area contributed by atoms with Crippen molar-refractivity contribution >= 4 is 11.9 Å². The number of pyridine rings is 1. The number of hydrogen-bond donors (Lipinski definition) is 2. The van der Waals surface area contributed by atoms with E-state index in [0.717, 1.165) is 23.0 Å². The van der Waals surface area contributed by atoms with Gasteiger partial charge >= 0.3 is 12.1 Å². The lowest BCUT2D eigenvalue weighted by Gasteiger charge is -2.15. The quantitative estimate of drug-likeness (QED) is 0.803. The van der Waals surface area contributed by atoms with Crippen molar-refractivity contribution in [3.63, 3.8) is 0 Å². The van der Waals surface area contributed by atoms with Crippen LogP contribution in [0, 0.1) is 5.92 Å². The van der Waals surface area contributed by atoms with Crippen molar-refractivity contribution in [2.24, 2.45) is 5.92 Å². The van der Waals surface area contributed by atoms with Crippen LogP contribution in [0.25, 0.3) is 5.82 Å². The van der Waals surface area contributed by atoms with Gasteiger partial charge in [-0.2, -0.15) is 13.2 Å². The Morgan fingerprint density at radius 1 is 1.31 bits per heavy atom. The van der Waals surface area contributed by atoms with Gasteiger partial charge in [-0.15, -0.1) is 5.10 Å². The zero-order valence-corrected chi connectivity index (χ0v) is 13.9. The van der Waals surface area contributed by atoms with Gasteiger partial charge in [0.05, 0.1) is 11.8 Å². The molecular weight excluding hydrogens is 355 g/mol. The summed E-state index contributed by atoms with van der Waals surface area (Å²) in [6.45, 7) is 3.63. The lowest BCUT2D eigenvalue weighted by Crippen LogP contribution is -2.41. The number of carbonyl (C=O) groups excluding carboxylic acids is 1. The van der Waals surface area contributed by atoms with Crippen molar-refractivity contribution in [3.8, 4) is 5.82 Å². The number of aromatic nitrogens is 4. The van der Waals surface area contributed by atoms with Gasteiger partial charge in [0.15, 0.2) is 11.5 Å². The van der Waals surface area contributed by atoms with E-state index in [4.69, 9.17) is 5.11 Å². The molecule has 0 radical (unpaired) electrons. The Morgan fingerprint density at radius 3 is 2.50 bits per heavy atom. The predicted molar refractivity (Wildman–Crippen MR) is 82.5 cm³/mol. The maximum absolute atomic E-state index is 12.5. The van der Waals surface area contributed by atoms with Gasteiger partial charge in [0, 0.05) is 6.20 Å². The monoisotopic (exact) mass is 371 g/mol. The molecule has 140 valence electrons. The average Bonchev–Trinajstić information content (AvgIpc) is 3.03. The molecule has 11 heteroatoms. The first-order valence-corrected chi connectivity index (χ1v) is 7.57. The number of carboxylic acid groups (broad SMARTS) is 1. The van der Waals surface area contributed by atoms with E-state index in [1.807, 2.05) is 13.8 Å². The Hall–Kier alpha value is -2.98. The molecule has 0 saturated heterocycles. The minimum absolute atomic E-state index is 0.0292. The van der Waals surface area contributed by atoms with Gasteiger partial charge in [0.1, 0.15) is 6.04 Å². The molecule has 2 N–H and O–H groups in total. The third-order valence-electron chi connectivity index (χ3n) is 3.35. The maximum atomic E-state index is 12.5. The summed E-state index contributed by atoms with van der Waals surface area (Å²) in [5, 5.41) is 18.7. The average molecular weight is 371 g/mol. The highest BCUT2D eigenvalue weighted by atomic mass is 19.4. The van der Waals surface area contributed by atoms with Gasteiger partial charge in [-0.3, -0.25) is 4.79 Å². The van der Waals surface area contributed by atoms with Crippen molar-refractivity contribution in [2.45, 2.75) is 32.5 Å². The minimum Gasteiger partial charge on any atom is -0.480 e. The van der Waals surface area contributed by atoms with Gasteiger partial charge in [-0.1, -0.05) is 19.1 Å². The van der Waals surface area contributed by atoms with Crippen LogP contribution in [-0.2, 0) is 11.0 Å². The van der Waals surface area contributed by atoms with Gasteiger partial charge in [-0.05, 0) is 24.5 Å². The van der Waals surface area contributed by atoms with Gasteiger partial charge in [0.25, 0.3) is 5.91 Å². The SMILES string of the molecule is CC(C)CC(NC(=O)c1cn(-c2ccc(C(F)(F)F)cn2)nn1)C(=O)O. The molecule has 2 heterocycles. The van der Waals surface area contributed by atoms with E-state index in [-0.39, 0.29) is 23.9 Å². The smallest absolute Gasteiger partial charge is 0.417 e. The molecule has 2 aromatic heterocycles. The van der Waals surface area contributed by atoms with E-state index in [9.17, 15) is 22.8 Å². The molecular formula is C15H16F3N5O3. The third-order valence-corrected chi connectivity index (χ3v) is 3.35. The number of alkyl halides is 3. The highest BCUT2D eigenvalue weighted by Gasteiger charge is 2.30. The lowest BCUT2D eigenvalue weighted by molar-refractivity contribution is -0.140. The first-order chi connectivity index (χ1) is 12.1. The largest absolute Gasteiger partial charge is 0.480 e. The topological polar surface area (TPSA) is 110 Å². The fourth-order valence-electron chi connectivity index (χ4n) is 2.09. The normalized spacial score (nSPS) is 12.8. The van der Waals surface area contributed by atoms with E-state index >= 15 is 0 Å². The molecule has 0 aromatic carbocycles. The molecule has 0 spiro atoms. The summed E-state index contributed by atoms with van der Waals surface area (Å²) in [6, 6.07) is 0.821. The van der Waals surface area contributed by atoms with Crippen molar-refractivity contribution in [2.75, 3.05) is 0 Å². The summed E-state index contributed by atoms with van der Waals surface area (Å²) >= 11 is 0. The van der Waals surface area contributed by atoms with Gasteiger partial charge in [-0.25, -0.2) is 14.5 Å². The molecule has 26 heavy (non-hydrogen) atoms. The van der Waals surface area contributed by atoms with E-state index in [1.54, 1.807) is 0 Å². The number of nitrogens with zero attached hydrogens (tertiary/aromatic N) is 4. The Labute approximate surface area is 146 Å². The fraction of sp³-hybridized carbons (Fsp3) is 0.400. The molecule has 0 bridgehead atoms. The van der Waals surface area contributed by atoms with Crippen LogP contribution in [0.15, 0.2) is 24.5 Å². The zero-order chi connectivity index (χ0) is 19.5. The van der Waals surface area contributed by atoms with Crippen molar-refractivity contribution in [1.82, 2.24) is 25.3 Å². The first kappa shape index (κ1) is 19.3. The number of halogens is 3. The van der Waals surface area contributed by atoms with Crippen LogP contribution in [0.5, 0.6) is 0 Å². The number of aliphatic carboxylic acids is 1. The van der Waals surface area contributed by atoms with Gasteiger partial charge in [0.2, 0.25) is 0 Å². The molecule has 1 amide bonds. The van der Waals surface area contributed by atoms with E-state index in [0.29, 0.717) is 6.20 Å². The summed E-state index contributed by atoms with van der Waals surface area (Å²) in [7, 11) is 0. The number of hydrogen-bond acceptors (Lipinski definition) is 5. The summed E-state index contributed by atoms with van der Waals surface area (Å²) in [6.07, 6.45) is -2.49. The van der Waals surface area contributed by atoms with Crippen molar-refractivity contribution < 1.29 is 27.9 Å². The lowest BCUT2D eigenvalue weighted by atomic mass is 10.0. The number of rotatable bonds is 6. The molecule has 1 atom stereocenters. The van der Waals surface area contributed by atoms with Crippen LogP contribution < -0.4 is 5.32 Å². The minimum atomic E-state index is -4.51. The highest BCUT2D eigenvalue weighted by Crippen LogP contribution is 2.28. The van der Waals surface area contributed by atoms with Crippen LogP contribution in [0.2, 0.25) is 0 Å². The molecule has 0 aliphatic heterocycles. The zero-order valence-electron chi connectivity index (χ0n) is 13.9. The first-order valence-electron chi connectivity index (χ1n) is 7.57. The van der Waals surface area contributed by atoms with Crippen molar-refractivity contribution in [1.29, 1.82) is 0 Å². The molecule has 0 aliphatic rings. The Morgan fingerprint density at radius 2 is 2.00 bits per heavy atom. The predicted octanol–water partition coefficient (Wildman–Crippen LogP) is 1.91. The Bertz CT molecular complexity index is 787. The van der Waals surface area contributed by atoms with Gasteiger partial charge < -0.3 is 10.4 Å². The van der Waals surface area contributed by atoms with Crippen LogP contribution in [0.1, 0.15) is 36.3 Å². The Kier molecular flexibility index (Phi) is 5.58. The molecule has 0 fully saturated rings. The van der Waals surface area contributed by atoms with Crippen LogP contribution in [0.4, 0.5) is 13.2 Å². The summed E-state index contributed by atoms with van der Waals surface area (Å²) in [5.74, 6) is -1.86. The molecule has 2 rings (SSSR count). The standard InChI is InChI=1S/C15H16F3N5O3/c1-8(2)5-10(14(25)26)20-13(24)11-7-23(22-21-11)12-4-3-9(6-19-12)15(16,17)18/h3-4,6-8,10H,5H2,1-2H3,(H,20,24)(H,25,26). The second-order valence-corrected chi connectivity index (χ2v) is 5.95. The summed E-state index contributed by atoms with van der Waals surface area (Å²) in [4.78, 5) is 26.9. The second kappa shape index (κ2) is 7.50. The van der Waals surface area contributed by atoms with E-state index in [1.165, 1.54) is 0 Å². The van der Waals surface area contributed by atoms with Crippen LogP contribution in [0.3, 0.4) is 0 Å². The number of carboxylic acids is 1. The van der Waals surface area contributed by atoms with Crippen LogP contribution in [-0.4, -0.2) is 43.0 Å². The molecule has 8 nitrogen and oxygen atoms in total. The third kappa shape index (κ3) is 4.77. The van der Waals surface area contributed by atoms with E-state index < -0.39 is 29.7 Å². The van der Waals surface area contributed by atoms with E-state index in [2.05, 4.69) is 20.6 Å². The Balaban J connectivity index is 2.13. The van der Waals surface area contributed by atoms with Crippen LogP contribution >= 0.6 is 0 Å². The number of amides is 1. The fourth-order valence-corrected chi connectivity index (χ4v) is 2.09. The molecule has 1 unspecified atom stereocenters. The number of carbonyl (C=O) groups is 2. The number of nitrogens with one attached hydrogen (secondary N) is 1. The summed E-state index contributed by atoms with van der Waals surface area (Å²) < 4.78 is 38.6. The molecule has 0 aliphatic carbocycles. The molecule has 0 saturated carbocycles. The van der Waals surface area contributed by atoms with Crippen molar-refractivity contribution in [3.05, 3.63) is 35.8 Å². The molecule has 2 aromatic rings. The second-order valence-electron chi connectivity index (χ2n) is 5.95. The maximum Gasteiger partial charge on any atom is 0.417 e.